The molecule has 0 aliphatic carbocycles. The van der Waals surface area contributed by atoms with Crippen LogP contribution in [0, 0.1) is 12.3 Å². The highest BCUT2D eigenvalue weighted by atomic mass is 32.1. The molecule has 2 aromatic heterocycles. The van der Waals surface area contributed by atoms with Crippen LogP contribution in [0.15, 0.2) is 54.6 Å². The van der Waals surface area contributed by atoms with E-state index < -0.39 is 0 Å². The Morgan fingerprint density at radius 1 is 1.06 bits per heavy atom. The Balaban J connectivity index is 1.71. The second kappa shape index (κ2) is 9.41. The van der Waals surface area contributed by atoms with Crippen molar-refractivity contribution in [1.82, 2.24) is 29.8 Å². The van der Waals surface area contributed by atoms with Crippen molar-refractivity contribution in [1.29, 1.82) is 0 Å². The van der Waals surface area contributed by atoms with Crippen LogP contribution in [-0.2, 0) is 6.54 Å². The van der Waals surface area contributed by atoms with Gasteiger partial charge >= 0.3 is 0 Å². The average molecular weight is 462 g/mol. The molecule has 0 spiro atoms. The highest BCUT2D eigenvalue weighted by molar-refractivity contribution is 7.80. The van der Waals surface area contributed by atoms with Crippen LogP contribution in [0.1, 0.15) is 25.0 Å². The third-order valence-electron chi connectivity index (χ3n) is 5.53. The van der Waals surface area contributed by atoms with Gasteiger partial charge in [0.25, 0.3) is 0 Å². The first-order chi connectivity index (χ1) is 15.7. The largest absolute Gasteiger partial charge is 0.344 e. The minimum atomic E-state index is 0.0154. The number of hydrogen-bond donors (Lipinski definition) is 1. The number of aryl methyl sites for hydroxylation is 1. The number of anilines is 1. The Kier molecular flexibility index (Phi) is 6.58. The molecule has 0 aliphatic heterocycles. The minimum Gasteiger partial charge on any atom is -0.344 e. The summed E-state index contributed by atoms with van der Waals surface area (Å²) in [5.74, 6) is 0. The van der Waals surface area contributed by atoms with Gasteiger partial charge in [-0.2, -0.15) is 4.52 Å². The normalized spacial score (nSPS) is 11.9. The molecular formula is C25H31N7S. The molecule has 0 unspecified atom stereocenters. The molecule has 172 valence electrons. The van der Waals surface area contributed by atoms with Gasteiger partial charge in [0.05, 0.1) is 5.52 Å². The summed E-state index contributed by atoms with van der Waals surface area (Å²) in [4.78, 5) is 4.43. The zero-order valence-corrected chi connectivity index (χ0v) is 20.7. The Morgan fingerprint density at radius 3 is 2.55 bits per heavy atom. The molecule has 0 aliphatic rings. The van der Waals surface area contributed by atoms with E-state index in [1.165, 1.54) is 5.56 Å². The molecule has 0 bridgehead atoms. The predicted molar refractivity (Wildman–Crippen MR) is 138 cm³/mol. The van der Waals surface area contributed by atoms with E-state index in [0.29, 0.717) is 11.7 Å². The Labute approximate surface area is 200 Å². The van der Waals surface area contributed by atoms with E-state index >= 15 is 0 Å². The smallest absolute Gasteiger partial charge is 0.184 e. The van der Waals surface area contributed by atoms with Crippen molar-refractivity contribution >= 4 is 39.6 Å². The fourth-order valence-corrected chi connectivity index (χ4v) is 4.70. The van der Waals surface area contributed by atoms with Gasteiger partial charge in [-0.25, -0.2) is 0 Å². The van der Waals surface area contributed by atoms with Crippen LogP contribution >= 0.6 is 12.2 Å². The molecule has 33 heavy (non-hydrogen) atoms. The predicted octanol–water partition coefficient (Wildman–Crippen LogP) is 4.37. The fourth-order valence-electron chi connectivity index (χ4n) is 4.45. The van der Waals surface area contributed by atoms with Crippen LogP contribution in [0.25, 0.3) is 16.6 Å². The van der Waals surface area contributed by atoms with Gasteiger partial charge in [0.2, 0.25) is 0 Å². The molecule has 8 heteroatoms. The quantitative estimate of drug-likeness (QED) is 0.410. The summed E-state index contributed by atoms with van der Waals surface area (Å²) < 4.78 is 1.82. The van der Waals surface area contributed by atoms with Crippen molar-refractivity contribution in [2.75, 3.05) is 32.5 Å². The van der Waals surface area contributed by atoms with E-state index in [1.54, 1.807) is 0 Å². The van der Waals surface area contributed by atoms with Crippen LogP contribution in [0.4, 0.5) is 5.69 Å². The molecule has 2 aromatic carbocycles. The van der Waals surface area contributed by atoms with Crippen LogP contribution < -0.4 is 5.32 Å². The van der Waals surface area contributed by atoms with Gasteiger partial charge in [-0.05, 0) is 79.4 Å². The van der Waals surface area contributed by atoms with Crippen molar-refractivity contribution in [2.45, 2.75) is 27.3 Å². The molecular weight excluding hydrogens is 430 g/mol. The van der Waals surface area contributed by atoms with Gasteiger partial charge in [-0.1, -0.05) is 43.7 Å². The van der Waals surface area contributed by atoms with Crippen molar-refractivity contribution < 1.29 is 0 Å². The molecule has 0 saturated heterocycles. The van der Waals surface area contributed by atoms with E-state index in [0.717, 1.165) is 40.9 Å². The van der Waals surface area contributed by atoms with Crippen molar-refractivity contribution in [3.63, 3.8) is 0 Å². The first-order valence-corrected chi connectivity index (χ1v) is 11.5. The number of thiocarbonyl (C=S) groups is 1. The van der Waals surface area contributed by atoms with Crippen LogP contribution in [0.3, 0.4) is 0 Å². The lowest BCUT2D eigenvalue weighted by atomic mass is 9.92. The molecule has 0 amide bonds. The molecule has 4 aromatic rings. The maximum Gasteiger partial charge on any atom is 0.184 e. The highest BCUT2D eigenvalue weighted by Crippen LogP contribution is 2.25. The molecule has 0 fully saturated rings. The molecule has 1 N–H and O–H groups in total. The Morgan fingerprint density at radius 2 is 1.82 bits per heavy atom. The number of tetrazole rings is 1. The number of fused-ring (bicyclic) bond motifs is 3. The lowest BCUT2D eigenvalue weighted by Crippen LogP contribution is -2.44. The van der Waals surface area contributed by atoms with Gasteiger partial charge in [0, 0.05) is 36.3 Å². The van der Waals surface area contributed by atoms with E-state index in [4.69, 9.17) is 12.2 Å². The summed E-state index contributed by atoms with van der Waals surface area (Å²) in [5, 5.41) is 17.8. The first kappa shape index (κ1) is 23.1. The van der Waals surface area contributed by atoms with Crippen LogP contribution in [0.2, 0.25) is 0 Å². The standard InChI is InChI=1S/C25H31N7S/c1-18-11-12-22-19(13-18)14-20(23-27-28-29-32(22)23)15-31(17-25(2,3)16-30(4)5)24(33)26-21-9-7-6-8-10-21/h6-14H,15-17H2,1-5H3,(H,26,33). The van der Waals surface area contributed by atoms with E-state index in [9.17, 15) is 0 Å². The molecule has 2 heterocycles. The van der Waals surface area contributed by atoms with Crippen molar-refractivity contribution in [3.8, 4) is 0 Å². The number of nitrogens with one attached hydrogen (secondary N) is 1. The second-order valence-electron chi connectivity index (χ2n) is 9.70. The van der Waals surface area contributed by atoms with Gasteiger partial charge in [-0.3, -0.25) is 0 Å². The zero-order chi connectivity index (χ0) is 23.6. The number of nitrogens with zero attached hydrogens (tertiary/aromatic N) is 6. The Hall–Kier alpha value is -3.10. The number of hydrogen-bond acceptors (Lipinski definition) is 5. The monoisotopic (exact) mass is 461 g/mol. The number of pyridine rings is 1. The maximum absolute atomic E-state index is 5.90. The summed E-state index contributed by atoms with van der Waals surface area (Å²) >= 11 is 5.90. The number of rotatable bonds is 7. The number of aromatic nitrogens is 4. The van der Waals surface area contributed by atoms with Crippen molar-refractivity contribution in [3.05, 3.63) is 65.7 Å². The van der Waals surface area contributed by atoms with E-state index in [2.05, 4.69) is 89.8 Å². The minimum absolute atomic E-state index is 0.0154. The summed E-state index contributed by atoms with van der Waals surface area (Å²) in [6.45, 7) is 8.95. The highest BCUT2D eigenvalue weighted by Gasteiger charge is 2.25. The van der Waals surface area contributed by atoms with Gasteiger partial charge in [-0.15, -0.1) is 5.10 Å². The van der Waals surface area contributed by atoms with Gasteiger partial charge in [0.15, 0.2) is 10.8 Å². The molecule has 0 saturated carbocycles. The van der Waals surface area contributed by atoms with Crippen LogP contribution in [0.5, 0.6) is 0 Å². The number of para-hydroxylation sites is 1. The average Bonchev–Trinajstić information content (AvgIpc) is 3.23. The SMILES string of the molecule is Cc1ccc2c(c1)cc(CN(CC(C)(C)CN(C)C)C(=S)Nc1ccccc1)c1nnnn12. The molecule has 4 rings (SSSR count). The van der Waals surface area contributed by atoms with Crippen molar-refractivity contribution in [2.24, 2.45) is 5.41 Å². The summed E-state index contributed by atoms with van der Waals surface area (Å²) in [6.07, 6.45) is 0. The fraction of sp³-hybridized carbons (Fsp3) is 0.360. The maximum atomic E-state index is 5.90. The third-order valence-corrected chi connectivity index (χ3v) is 5.89. The van der Waals surface area contributed by atoms with E-state index in [1.807, 2.05) is 34.8 Å². The van der Waals surface area contributed by atoms with Crippen LogP contribution in [-0.4, -0.2) is 62.1 Å². The second-order valence-corrected chi connectivity index (χ2v) is 10.1. The molecule has 7 nitrogen and oxygen atoms in total. The molecule has 0 atom stereocenters. The van der Waals surface area contributed by atoms with E-state index in [-0.39, 0.29) is 5.41 Å². The number of benzene rings is 2. The molecule has 0 radical (unpaired) electrons. The third kappa shape index (κ3) is 5.46. The topological polar surface area (TPSA) is 61.6 Å². The first-order valence-electron chi connectivity index (χ1n) is 11.1. The lowest BCUT2D eigenvalue weighted by molar-refractivity contribution is 0.188. The summed E-state index contributed by atoms with van der Waals surface area (Å²) in [6, 6.07) is 18.5. The Bertz CT molecular complexity index is 1260. The lowest BCUT2D eigenvalue weighted by Gasteiger charge is -2.36. The zero-order valence-electron chi connectivity index (χ0n) is 19.9. The van der Waals surface area contributed by atoms with Gasteiger partial charge < -0.3 is 15.1 Å². The summed E-state index contributed by atoms with van der Waals surface area (Å²) in [5.41, 5.74) is 4.98. The van der Waals surface area contributed by atoms with Gasteiger partial charge in [0.1, 0.15) is 0 Å². The summed E-state index contributed by atoms with van der Waals surface area (Å²) in [7, 11) is 4.20.